The van der Waals surface area contributed by atoms with E-state index >= 15 is 0 Å². The van der Waals surface area contributed by atoms with Gasteiger partial charge in [0.1, 0.15) is 32.7 Å². The first kappa shape index (κ1) is 75.5. The average Bonchev–Trinajstić information content (AvgIpc) is 3.41. The molecule has 0 aliphatic heterocycles. The van der Waals surface area contributed by atoms with Crippen LogP contribution in [0, 0.1) is 0 Å². The highest BCUT2D eigenvalue weighted by Crippen LogP contribution is 2.16. The summed E-state index contributed by atoms with van der Waals surface area (Å²) < 4.78 is 0. The van der Waals surface area contributed by atoms with Gasteiger partial charge in [-0.05, 0) is 114 Å². The quantitative estimate of drug-likeness (QED) is 0.0578. The van der Waals surface area contributed by atoms with Crippen molar-refractivity contribution in [3.63, 3.8) is 0 Å². The minimum Gasteiger partial charge on any atom is -0.392 e. The highest BCUT2D eigenvalue weighted by Gasteiger charge is 2.36. The van der Waals surface area contributed by atoms with E-state index in [1.807, 2.05) is 55.4 Å². The number of amides is 10. The molecule has 468 valence electrons. The van der Waals surface area contributed by atoms with Crippen LogP contribution >= 0.6 is 0 Å². The normalized spacial score (nSPS) is 15.0. The first-order valence-corrected chi connectivity index (χ1v) is 29.4. The lowest BCUT2D eigenvalue weighted by molar-refractivity contribution is -0.152. The van der Waals surface area contributed by atoms with Crippen molar-refractivity contribution in [3.8, 4) is 0 Å². The second kappa shape index (κ2) is 38.3. The smallest absolute Gasteiger partial charge is 0.242 e. The third-order valence-corrected chi connectivity index (χ3v) is 15.2. The van der Waals surface area contributed by atoms with E-state index in [4.69, 9.17) is 5.73 Å². The summed E-state index contributed by atoms with van der Waals surface area (Å²) in [5.74, 6) is -6.04. The second-order valence-electron chi connectivity index (χ2n) is 22.2. The lowest BCUT2D eigenvalue weighted by atomic mass is 10.1. The number of aliphatic hydroxyl groups excluding tert-OH is 3. The molecule has 10 atom stereocenters. The molecule has 0 rings (SSSR count). The molecule has 81 heavy (non-hydrogen) atoms. The molecule has 0 spiro atoms. The Morgan fingerprint density at radius 2 is 0.531 bits per heavy atom. The molecule has 10 unspecified atom stereocenters. The largest absolute Gasteiger partial charge is 0.392 e. The summed E-state index contributed by atoms with van der Waals surface area (Å²) in [7, 11) is 0. The SMILES string of the molecule is CCC(C)NCC(=O)N(CC(=O)N(CC(=O)N(CC(=O)N(CC(=O)N(CC(=O)N(CC(=O)N(CC(=O)N(CC(=O)N(CC(N)=O)C(C)CC)C(C)CC)CC(C)O)CC(C)O)C(C)CC)C(C)CC)C(C)CC)CC(C)O)C(C)CC. The molecule has 10 amide bonds. The van der Waals surface area contributed by atoms with Crippen molar-refractivity contribution < 1.29 is 63.3 Å². The highest BCUT2D eigenvalue weighted by atomic mass is 16.3. The first-order chi connectivity index (χ1) is 37.8. The number of nitrogens with zero attached hydrogens (tertiary/aromatic N) is 9. The predicted molar refractivity (Wildman–Crippen MR) is 311 cm³/mol. The summed E-state index contributed by atoms with van der Waals surface area (Å²) in [4.78, 5) is 150. The average molecular weight is 1150 g/mol. The third-order valence-electron chi connectivity index (χ3n) is 15.2. The predicted octanol–water partition coefficient (Wildman–Crippen LogP) is 1.25. The number of hydrogen-bond donors (Lipinski definition) is 5. The molecule has 0 aromatic rings. The van der Waals surface area contributed by atoms with Crippen LogP contribution in [0.3, 0.4) is 0 Å². The number of rotatable bonds is 40. The maximum Gasteiger partial charge on any atom is 0.242 e. The Labute approximate surface area is 484 Å². The van der Waals surface area contributed by atoms with Crippen LogP contribution in [0.5, 0.6) is 0 Å². The molecule has 0 bridgehead atoms. The van der Waals surface area contributed by atoms with Gasteiger partial charge in [-0.15, -0.1) is 0 Å². The molecule has 0 saturated carbocycles. The molecule has 24 nitrogen and oxygen atoms in total. The molecule has 0 radical (unpaired) electrons. The monoisotopic (exact) mass is 1150 g/mol. The summed E-state index contributed by atoms with van der Waals surface area (Å²) in [5, 5.41) is 34.8. The van der Waals surface area contributed by atoms with E-state index in [0.29, 0.717) is 38.5 Å². The molecular weight excluding hydrogens is 1050 g/mol. The summed E-state index contributed by atoms with van der Waals surface area (Å²) in [5.41, 5.74) is 5.45. The van der Waals surface area contributed by atoms with Crippen LogP contribution in [-0.4, -0.2) is 264 Å². The van der Waals surface area contributed by atoms with E-state index in [1.165, 1.54) is 55.1 Å². The molecule has 0 aromatic carbocycles. The summed E-state index contributed by atoms with van der Waals surface area (Å²) in [6.45, 7) is 24.4. The van der Waals surface area contributed by atoms with Crippen molar-refractivity contribution in [1.82, 2.24) is 49.4 Å². The van der Waals surface area contributed by atoms with Crippen LogP contribution in [0.25, 0.3) is 0 Å². The second-order valence-corrected chi connectivity index (χ2v) is 22.2. The van der Waals surface area contributed by atoms with Gasteiger partial charge in [0.2, 0.25) is 59.1 Å². The van der Waals surface area contributed by atoms with Crippen LogP contribution in [0.2, 0.25) is 0 Å². The number of carbonyl (C=O) groups excluding carboxylic acids is 10. The van der Waals surface area contributed by atoms with Gasteiger partial charge in [0, 0.05) is 61.9 Å². The van der Waals surface area contributed by atoms with E-state index in [9.17, 15) is 63.3 Å². The maximum atomic E-state index is 14.6. The van der Waals surface area contributed by atoms with Crippen LogP contribution in [-0.2, 0) is 47.9 Å². The van der Waals surface area contributed by atoms with Gasteiger partial charge < -0.3 is 70.5 Å². The van der Waals surface area contributed by atoms with Crippen LogP contribution in [0.4, 0.5) is 0 Å². The van der Waals surface area contributed by atoms with E-state index in [0.717, 1.165) is 16.2 Å². The number of carbonyl (C=O) groups is 10. The van der Waals surface area contributed by atoms with Crippen molar-refractivity contribution in [2.45, 2.75) is 223 Å². The maximum absolute atomic E-state index is 14.6. The first-order valence-electron chi connectivity index (χ1n) is 29.4. The van der Waals surface area contributed by atoms with Gasteiger partial charge in [0.25, 0.3) is 0 Å². The summed E-state index contributed by atoms with van der Waals surface area (Å²) in [6.07, 6.45) is 0.171. The highest BCUT2D eigenvalue weighted by molar-refractivity contribution is 5.94. The molecule has 0 aromatic heterocycles. The number of nitrogens with one attached hydrogen (secondary N) is 1. The fourth-order valence-electron chi connectivity index (χ4n) is 8.63. The van der Waals surface area contributed by atoms with Crippen LogP contribution in [0.1, 0.15) is 163 Å². The number of nitrogens with two attached hydrogens (primary N) is 1. The zero-order chi connectivity index (χ0) is 62.6. The standard InChI is InChI=1S/C57H107N11O13/c1-18-38(8)59-25-49(73)64(40(10)20-3)33-51(75)62(28-47(17)71)32-54(78)67(43(13)23-6)36-57(81)68(44(14)24-7)37-56(80)65(41(11)21-4)34-52(76)60(26-45(15)69)30-50(74)61(27-46(16)70)31-53(77)66(42(12)22-5)35-55(79)63(29-48(58)72)39(9)19-2/h38-47,59,69-71H,18-37H2,1-17H3,(H2,58,72). The summed E-state index contributed by atoms with van der Waals surface area (Å²) >= 11 is 0. The Hall–Kier alpha value is -5.46. The van der Waals surface area contributed by atoms with Gasteiger partial charge in [-0.25, -0.2) is 0 Å². The van der Waals surface area contributed by atoms with E-state index < -0.39 is 141 Å². The van der Waals surface area contributed by atoms with Gasteiger partial charge in [-0.1, -0.05) is 48.5 Å². The van der Waals surface area contributed by atoms with Gasteiger partial charge >= 0.3 is 0 Å². The topological polar surface area (TPSA) is 299 Å². The van der Waals surface area contributed by atoms with Crippen molar-refractivity contribution in [2.24, 2.45) is 5.73 Å². The summed E-state index contributed by atoms with van der Waals surface area (Å²) in [6, 6.07) is -2.72. The van der Waals surface area contributed by atoms with Crippen LogP contribution in [0.15, 0.2) is 0 Å². The van der Waals surface area contributed by atoms with Crippen LogP contribution < -0.4 is 11.1 Å². The lowest BCUT2D eigenvalue weighted by Crippen LogP contribution is -2.56. The van der Waals surface area contributed by atoms with Crippen molar-refractivity contribution in [2.75, 3.05) is 85.1 Å². The Morgan fingerprint density at radius 3 is 0.765 bits per heavy atom. The Bertz CT molecular complexity index is 2010. The van der Waals surface area contributed by atoms with E-state index in [2.05, 4.69) is 5.32 Å². The van der Waals surface area contributed by atoms with E-state index in [-0.39, 0.29) is 63.3 Å². The van der Waals surface area contributed by atoms with Gasteiger partial charge in [0.05, 0.1) is 51.0 Å². The molecule has 24 heteroatoms. The zero-order valence-electron chi connectivity index (χ0n) is 52.4. The molecular formula is C57H107N11O13. The van der Waals surface area contributed by atoms with Gasteiger partial charge in [-0.2, -0.15) is 0 Å². The van der Waals surface area contributed by atoms with Gasteiger partial charge in [-0.3, -0.25) is 47.9 Å². The molecule has 0 fully saturated rings. The Balaban J connectivity index is 6.89. The minimum atomic E-state index is -1.15. The van der Waals surface area contributed by atoms with Gasteiger partial charge in [0.15, 0.2) is 0 Å². The molecule has 0 saturated heterocycles. The van der Waals surface area contributed by atoms with Crippen molar-refractivity contribution in [3.05, 3.63) is 0 Å². The van der Waals surface area contributed by atoms with Crippen molar-refractivity contribution in [1.29, 1.82) is 0 Å². The third kappa shape index (κ3) is 26.6. The molecule has 6 N–H and O–H groups in total. The number of hydrogen-bond acceptors (Lipinski definition) is 14. The molecule has 0 aliphatic carbocycles. The fraction of sp³-hybridized carbons (Fsp3) is 0.825. The van der Waals surface area contributed by atoms with E-state index in [1.54, 1.807) is 41.5 Å². The fourth-order valence-corrected chi connectivity index (χ4v) is 8.63. The Morgan fingerprint density at radius 1 is 0.321 bits per heavy atom. The lowest BCUT2D eigenvalue weighted by Gasteiger charge is -2.37. The molecule has 0 heterocycles. The minimum absolute atomic E-state index is 0.0106. The number of primary amides is 1. The Kier molecular flexibility index (Phi) is 35.8. The van der Waals surface area contributed by atoms with Crippen molar-refractivity contribution >= 4 is 59.1 Å². The molecule has 0 aliphatic rings. The zero-order valence-corrected chi connectivity index (χ0v) is 52.4. The number of aliphatic hydroxyl groups is 3.